The summed E-state index contributed by atoms with van der Waals surface area (Å²) in [4.78, 5) is 27.6. The van der Waals surface area contributed by atoms with Crippen LogP contribution in [0.5, 0.6) is 0 Å². The first-order chi connectivity index (χ1) is 9.63. The number of carbonyl (C=O) groups excluding carboxylic acids is 1. The smallest absolute Gasteiger partial charge is 0.321 e. The van der Waals surface area contributed by atoms with Crippen molar-refractivity contribution in [2.45, 2.75) is 44.7 Å². The predicted molar refractivity (Wildman–Crippen MR) is 80.0 cm³/mol. The van der Waals surface area contributed by atoms with E-state index in [0.717, 1.165) is 31.6 Å². The SMILES string of the molecule is CCC1CCCCN1C(=O)CN1CCSCC1C(=O)O. The Bertz CT molecular complexity index is 364. The molecule has 2 aliphatic rings. The summed E-state index contributed by atoms with van der Waals surface area (Å²) < 4.78 is 0. The van der Waals surface area contributed by atoms with Crippen LogP contribution in [0.4, 0.5) is 0 Å². The van der Waals surface area contributed by atoms with Crippen LogP contribution in [0.25, 0.3) is 0 Å². The van der Waals surface area contributed by atoms with Crippen LogP contribution >= 0.6 is 11.8 Å². The molecule has 2 unspecified atom stereocenters. The minimum absolute atomic E-state index is 0.106. The maximum Gasteiger partial charge on any atom is 0.321 e. The number of aliphatic carboxylic acids is 1. The minimum Gasteiger partial charge on any atom is -0.480 e. The maximum atomic E-state index is 12.5. The Morgan fingerprint density at radius 3 is 2.80 bits per heavy atom. The summed E-state index contributed by atoms with van der Waals surface area (Å²) in [5.41, 5.74) is 0. The summed E-state index contributed by atoms with van der Waals surface area (Å²) in [5, 5.41) is 9.25. The first-order valence-corrected chi connectivity index (χ1v) is 8.63. The number of thioether (sulfide) groups is 1. The Morgan fingerprint density at radius 1 is 1.30 bits per heavy atom. The summed E-state index contributed by atoms with van der Waals surface area (Å²) in [6, 6.07) is -0.165. The quantitative estimate of drug-likeness (QED) is 0.847. The largest absolute Gasteiger partial charge is 0.480 e. The van der Waals surface area contributed by atoms with Gasteiger partial charge in [-0.3, -0.25) is 14.5 Å². The van der Waals surface area contributed by atoms with Gasteiger partial charge >= 0.3 is 5.97 Å². The van der Waals surface area contributed by atoms with Crippen LogP contribution < -0.4 is 0 Å². The summed E-state index contributed by atoms with van der Waals surface area (Å²) in [6.07, 6.45) is 4.34. The fraction of sp³-hybridized carbons (Fsp3) is 0.857. The van der Waals surface area contributed by atoms with Crippen molar-refractivity contribution < 1.29 is 14.7 Å². The second kappa shape index (κ2) is 7.31. The molecule has 2 rings (SSSR count). The van der Waals surface area contributed by atoms with Crippen molar-refractivity contribution in [3.8, 4) is 0 Å². The van der Waals surface area contributed by atoms with Crippen molar-refractivity contribution in [3.63, 3.8) is 0 Å². The van der Waals surface area contributed by atoms with Gasteiger partial charge < -0.3 is 10.0 Å². The van der Waals surface area contributed by atoms with E-state index in [2.05, 4.69) is 6.92 Å². The molecule has 0 radical (unpaired) electrons. The van der Waals surface area contributed by atoms with E-state index in [0.29, 0.717) is 18.3 Å². The lowest BCUT2D eigenvalue weighted by Crippen LogP contribution is -2.53. The minimum atomic E-state index is -0.810. The molecule has 0 saturated carbocycles. The van der Waals surface area contributed by atoms with Gasteiger partial charge in [0, 0.05) is 30.6 Å². The average Bonchev–Trinajstić information content (AvgIpc) is 2.47. The number of carbonyl (C=O) groups is 2. The fourth-order valence-electron chi connectivity index (χ4n) is 3.07. The summed E-state index contributed by atoms with van der Waals surface area (Å²) >= 11 is 1.66. The molecule has 0 spiro atoms. The topological polar surface area (TPSA) is 60.9 Å². The molecule has 1 amide bonds. The molecule has 114 valence electrons. The van der Waals surface area contributed by atoms with Crippen LogP contribution in [-0.2, 0) is 9.59 Å². The van der Waals surface area contributed by atoms with Gasteiger partial charge in [-0.25, -0.2) is 0 Å². The standard InChI is InChI=1S/C14H24N2O3S/c1-2-11-5-3-4-6-16(11)13(17)9-15-7-8-20-10-12(15)14(18)19/h11-12H,2-10H2,1H3,(H,18,19). The number of piperidine rings is 1. The molecule has 20 heavy (non-hydrogen) atoms. The van der Waals surface area contributed by atoms with E-state index in [4.69, 9.17) is 0 Å². The molecule has 0 aromatic rings. The Hall–Kier alpha value is -0.750. The highest BCUT2D eigenvalue weighted by Crippen LogP contribution is 2.21. The molecule has 2 heterocycles. The van der Waals surface area contributed by atoms with E-state index in [-0.39, 0.29) is 12.5 Å². The van der Waals surface area contributed by atoms with Crippen LogP contribution in [0.3, 0.4) is 0 Å². The van der Waals surface area contributed by atoms with Gasteiger partial charge in [0.15, 0.2) is 0 Å². The highest BCUT2D eigenvalue weighted by molar-refractivity contribution is 7.99. The number of hydrogen-bond donors (Lipinski definition) is 1. The Kier molecular flexibility index (Phi) is 5.72. The van der Waals surface area contributed by atoms with Gasteiger partial charge in [-0.2, -0.15) is 11.8 Å². The molecule has 0 aliphatic carbocycles. The van der Waals surface area contributed by atoms with Crippen molar-refractivity contribution in [1.29, 1.82) is 0 Å². The van der Waals surface area contributed by atoms with Gasteiger partial charge in [0.1, 0.15) is 6.04 Å². The number of hydrogen-bond acceptors (Lipinski definition) is 4. The molecule has 0 bridgehead atoms. The van der Waals surface area contributed by atoms with Crippen molar-refractivity contribution in [2.75, 3.05) is 31.1 Å². The number of likely N-dealkylation sites (tertiary alicyclic amines) is 1. The highest BCUT2D eigenvalue weighted by Gasteiger charge is 2.33. The third-order valence-electron chi connectivity index (χ3n) is 4.28. The monoisotopic (exact) mass is 300 g/mol. The van der Waals surface area contributed by atoms with E-state index >= 15 is 0 Å². The molecule has 0 aromatic heterocycles. The Morgan fingerprint density at radius 2 is 2.10 bits per heavy atom. The van der Waals surface area contributed by atoms with Crippen molar-refractivity contribution in [2.24, 2.45) is 0 Å². The number of carboxylic acids is 1. The summed E-state index contributed by atoms with van der Waals surface area (Å²) in [7, 11) is 0. The number of rotatable bonds is 4. The molecule has 0 aromatic carbocycles. The predicted octanol–water partition coefficient (Wildman–Crippen LogP) is 1.28. The van der Waals surface area contributed by atoms with E-state index in [9.17, 15) is 14.7 Å². The molecule has 2 saturated heterocycles. The van der Waals surface area contributed by atoms with Crippen LogP contribution in [-0.4, -0.2) is 70.0 Å². The number of amides is 1. The molecule has 2 fully saturated rings. The van der Waals surface area contributed by atoms with E-state index in [1.54, 1.807) is 11.8 Å². The Balaban J connectivity index is 1.96. The Labute approximate surface area is 124 Å². The maximum absolute atomic E-state index is 12.5. The van der Waals surface area contributed by atoms with E-state index in [1.807, 2.05) is 9.80 Å². The van der Waals surface area contributed by atoms with E-state index in [1.165, 1.54) is 6.42 Å². The summed E-state index contributed by atoms with van der Waals surface area (Å²) in [5.74, 6) is 0.791. The molecule has 2 atom stereocenters. The van der Waals surface area contributed by atoms with Crippen LogP contribution in [0.1, 0.15) is 32.6 Å². The zero-order chi connectivity index (χ0) is 14.5. The molecular formula is C14H24N2O3S. The fourth-order valence-corrected chi connectivity index (χ4v) is 4.18. The van der Waals surface area contributed by atoms with Gasteiger partial charge in [-0.1, -0.05) is 6.92 Å². The lowest BCUT2D eigenvalue weighted by molar-refractivity contribution is -0.144. The molecule has 5 nitrogen and oxygen atoms in total. The molecule has 2 aliphatic heterocycles. The zero-order valence-corrected chi connectivity index (χ0v) is 12.9. The molecule has 6 heteroatoms. The normalized spacial score (nSPS) is 28.4. The van der Waals surface area contributed by atoms with Gasteiger partial charge in [-0.05, 0) is 25.7 Å². The van der Waals surface area contributed by atoms with Crippen molar-refractivity contribution in [3.05, 3.63) is 0 Å². The molecule has 1 N–H and O–H groups in total. The van der Waals surface area contributed by atoms with Crippen molar-refractivity contribution >= 4 is 23.6 Å². The number of nitrogens with zero attached hydrogens (tertiary/aromatic N) is 2. The van der Waals surface area contributed by atoms with Gasteiger partial charge in [0.2, 0.25) is 5.91 Å². The first kappa shape index (κ1) is 15.6. The second-order valence-electron chi connectivity index (χ2n) is 5.54. The summed E-state index contributed by atoms with van der Waals surface area (Å²) in [6.45, 7) is 3.90. The van der Waals surface area contributed by atoms with Gasteiger partial charge in [0.05, 0.1) is 6.54 Å². The number of carboxylic acid groups (broad SMARTS) is 1. The van der Waals surface area contributed by atoms with Crippen LogP contribution in [0.15, 0.2) is 0 Å². The first-order valence-electron chi connectivity index (χ1n) is 7.47. The van der Waals surface area contributed by atoms with Crippen LogP contribution in [0, 0.1) is 0 Å². The van der Waals surface area contributed by atoms with Crippen molar-refractivity contribution in [1.82, 2.24) is 9.80 Å². The van der Waals surface area contributed by atoms with Gasteiger partial charge in [0.25, 0.3) is 0 Å². The highest BCUT2D eigenvalue weighted by atomic mass is 32.2. The second-order valence-corrected chi connectivity index (χ2v) is 6.69. The van der Waals surface area contributed by atoms with E-state index < -0.39 is 12.0 Å². The third kappa shape index (κ3) is 3.67. The molecular weight excluding hydrogens is 276 g/mol. The van der Waals surface area contributed by atoms with Gasteiger partial charge in [-0.15, -0.1) is 0 Å². The lowest BCUT2D eigenvalue weighted by atomic mass is 10.00. The van der Waals surface area contributed by atoms with Crippen LogP contribution in [0.2, 0.25) is 0 Å². The average molecular weight is 300 g/mol. The third-order valence-corrected chi connectivity index (χ3v) is 5.30. The lowest BCUT2D eigenvalue weighted by Gasteiger charge is -2.38. The zero-order valence-electron chi connectivity index (χ0n) is 12.1.